The molecular formula is C107H130FN19O15S4. The zero-order valence-corrected chi connectivity index (χ0v) is 88.9. The number of nitrogens with one attached hydrogen (secondary N) is 6. The summed E-state index contributed by atoms with van der Waals surface area (Å²) in [6.45, 7) is 42.9. The predicted octanol–water partition coefficient (Wildman–Crippen LogP) is 17.5. The number of nitrogen functional groups attached to an aromatic ring is 2. The molecule has 0 aliphatic carbocycles. The number of carbonyl (C=O) groups excluding carboxylic acids is 4. The van der Waals surface area contributed by atoms with Crippen LogP contribution in [0.4, 0.5) is 39.3 Å². The van der Waals surface area contributed by atoms with Gasteiger partial charge in [0.15, 0.2) is 20.0 Å². The van der Waals surface area contributed by atoms with Crippen molar-refractivity contribution in [3.63, 3.8) is 0 Å². The van der Waals surface area contributed by atoms with E-state index in [4.69, 9.17) is 40.9 Å². The highest BCUT2D eigenvalue weighted by atomic mass is 32.2. The topological polar surface area (TPSA) is 475 Å². The van der Waals surface area contributed by atoms with Crippen LogP contribution in [-0.2, 0) is 40.1 Å². The Morgan fingerprint density at radius 2 is 0.788 bits per heavy atom. The number of carbonyl (C=O) groups is 4. The third-order valence-electron chi connectivity index (χ3n) is 25.7. The van der Waals surface area contributed by atoms with Crippen LogP contribution in [0.15, 0.2) is 231 Å². The molecule has 34 nitrogen and oxygen atoms in total. The smallest absolute Gasteiger partial charge is 0.281 e. The van der Waals surface area contributed by atoms with Crippen LogP contribution >= 0.6 is 0 Å². The Balaban J connectivity index is 0.000000163. The first kappa shape index (κ1) is 109. The Morgan fingerprint density at radius 1 is 0.425 bits per heavy atom. The number of nitrogens with two attached hydrogens (primary N) is 2. The van der Waals surface area contributed by atoms with Crippen LogP contribution in [0.3, 0.4) is 0 Å². The van der Waals surface area contributed by atoms with Crippen molar-refractivity contribution in [2.24, 2.45) is 29.6 Å². The van der Waals surface area contributed by atoms with Gasteiger partial charge in [-0.15, -0.1) is 0 Å². The van der Waals surface area contributed by atoms with Gasteiger partial charge < -0.3 is 45.5 Å². The normalized spacial score (nSPS) is 17.4. The molecule has 0 radical (unpaired) electrons. The molecule has 8 aromatic heterocycles. The number of benzene rings is 4. The van der Waals surface area contributed by atoms with Gasteiger partial charge in [-0.1, -0.05) is 137 Å². The van der Waals surface area contributed by atoms with E-state index in [-0.39, 0.29) is 83.6 Å². The summed E-state index contributed by atoms with van der Waals surface area (Å²) in [4.78, 5) is 102. The average molecular weight is 2070 g/mol. The number of nitrogens with zero attached hydrogens (tertiary/aromatic N) is 11. The fourth-order valence-electron chi connectivity index (χ4n) is 18.7. The zero-order valence-electron chi connectivity index (χ0n) is 85.6. The van der Waals surface area contributed by atoms with Gasteiger partial charge in [0.2, 0.25) is 0 Å². The summed E-state index contributed by atoms with van der Waals surface area (Å²) >= 11 is 0. The lowest BCUT2D eigenvalue weighted by molar-refractivity contribution is 0.0972. The van der Waals surface area contributed by atoms with E-state index in [0.29, 0.717) is 126 Å². The number of hydrogen-bond acceptors (Lipinski definition) is 28. The Morgan fingerprint density at radius 3 is 1.14 bits per heavy atom. The Bertz CT molecular complexity index is 7100. The van der Waals surface area contributed by atoms with Crippen molar-refractivity contribution in [3.8, 4) is 56.5 Å². The van der Waals surface area contributed by atoms with Crippen molar-refractivity contribution in [1.29, 1.82) is 0 Å². The van der Waals surface area contributed by atoms with E-state index in [1.165, 1.54) is 90.3 Å². The van der Waals surface area contributed by atoms with Gasteiger partial charge >= 0.3 is 0 Å². The predicted molar refractivity (Wildman–Crippen MR) is 565 cm³/mol. The van der Waals surface area contributed by atoms with Crippen LogP contribution in [-0.4, -0.2) is 164 Å². The third-order valence-corrected chi connectivity index (χ3v) is 30.8. The Hall–Kier alpha value is -14.1. The number of aromatic amines is 2. The van der Waals surface area contributed by atoms with Crippen molar-refractivity contribution in [2.75, 3.05) is 63.9 Å². The number of ether oxygens (including phenoxy) is 2. The van der Waals surface area contributed by atoms with Crippen molar-refractivity contribution < 1.29 is 66.7 Å². The standard InChI is InChI=1S/2C27H33N5O3S.C27H32N4O5S.C26H32FN5O4S/c2*1-17(2)19-9-11-20(12-10-19)22-14-13-21(25(29-22)32-16-18(3)15-27(32,4)5)26(33)31-36(34,35)24-8-6-7-23(28)30-24;1-17(2)16-36-21-11-9-20(10-12-21)23-14-13-22(25(29-23)31-18(3)7-8-19(31)4)26(32)30-37(34,35)24-6-5-15-28-27(24)33;1-16(2)15-36-20-11-18(10-19(27)12-20)22-7-6-21(24(29-22)32-14-17(3)13-26(32,4)5)25(33)31-37(34,35)23-8-9-28-30-23/h2*6-14,17-18H,15-16H2,1-5H3,(H2,28,30)(H,31,33);5-6,9-15,17-19H,7-8,16H2,1-4H3,(H,28,33)(H,30,32);6-12,16-17H,13-15H2,1-5H3,(H,28,30)(H,31,33)/t2*18-;18-,19+;/m11../s1. The first-order valence-electron chi connectivity index (χ1n) is 48.6. The fraction of sp³-hybridized carbons (Fsp3) is 0.383. The molecule has 16 rings (SSSR count). The molecule has 4 aromatic carbocycles. The van der Waals surface area contributed by atoms with Gasteiger partial charge in [-0.2, -0.15) is 30.4 Å². The van der Waals surface area contributed by atoms with Gasteiger partial charge in [0.25, 0.3) is 69.3 Å². The molecule has 4 aliphatic rings. The van der Waals surface area contributed by atoms with Crippen LogP contribution in [0.1, 0.15) is 228 Å². The molecule has 0 spiro atoms. The Labute approximate surface area is 854 Å². The van der Waals surface area contributed by atoms with E-state index in [1.807, 2.05) is 85.8 Å². The van der Waals surface area contributed by atoms with Crippen molar-refractivity contribution in [1.82, 2.24) is 64.0 Å². The van der Waals surface area contributed by atoms with Crippen LogP contribution in [0.2, 0.25) is 0 Å². The number of H-pyrrole nitrogens is 2. The summed E-state index contributed by atoms with van der Waals surface area (Å²) in [5, 5.41) is 5.14. The highest BCUT2D eigenvalue weighted by Gasteiger charge is 2.44. The molecule has 4 fully saturated rings. The number of pyridine rings is 7. The largest absolute Gasteiger partial charge is 0.493 e. The summed E-state index contributed by atoms with van der Waals surface area (Å²) in [7, 11) is -17.0. The minimum absolute atomic E-state index is 0.0494. The van der Waals surface area contributed by atoms with E-state index in [9.17, 15) is 62.0 Å². The highest BCUT2D eigenvalue weighted by Crippen LogP contribution is 2.44. The molecule has 12 aromatic rings. The molecule has 1 unspecified atom stereocenters. The third kappa shape index (κ3) is 26.4. The monoisotopic (exact) mass is 2070 g/mol. The van der Waals surface area contributed by atoms with Crippen molar-refractivity contribution >= 4 is 98.6 Å². The maximum Gasteiger partial charge on any atom is 0.281 e. The molecule has 4 aliphatic heterocycles. The summed E-state index contributed by atoms with van der Waals surface area (Å²) in [6, 6.07) is 54.0. The molecule has 0 bridgehead atoms. The van der Waals surface area contributed by atoms with Crippen molar-refractivity contribution in [2.45, 2.75) is 224 Å². The SMILES string of the molecule is CC(C)COc1cc(F)cc(-c2ccc(C(=O)NS(=O)(=O)c3ccn[nH]3)c(N3CC(C)CC3(C)C)n2)c1.CC(C)COc1ccc(-c2ccc(C(=O)NS(=O)(=O)c3ccc[nH]c3=O)c(N3[C@H](C)CC[C@@H]3C)n2)cc1.CC(C)c1ccc(-c2ccc(C(=O)NS(=O)(=O)c3cccc(N)n3)c(N3C[C@H](C)CC3(C)C)n2)cc1.CC(C)c1ccc(-c2ccc(C(=O)NS(=O)(=O)c3cccc(N)n3)c(N3C[C@H](C)CC3(C)C)n2)cc1. The van der Waals surface area contributed by atoms with Gasteiger partial charge in [-0.25, -0.2) is 61.6 Å². The molecule has 5 atom stereocenters. The lowest BCUT2D eigenvalue weighted by atomic mass is 9.97. The van der Waals surface area contributed by atoms with Gasteiger partial charge in [0.05, 0.1) is 64.4 Å². The van der Waals surface area contributed by atoms with E-state index < -0.39 is 80.0 Å². The molecule has 774 valence electrons. The van der Waals surface area contributed by atoms with E-state index in [1.54, 1.807) is 48.5 Å². The maximum absolute atomic E-state index is 14.5. The van der Waals surface area contributed by atoms with Gasteiger partial charge in [-0.3, -0.25) is 29.1 Å². The maximum atomic E-state index is 14.5. The van der Waals surface area contributed by atoms with Gasteiger partial charge in [0, 0.05) is 82.9 Å². The molecule has 146 heavy (non-hydrogen) atoms. The number of rotatable bonds is 28. The molecular weight excluding hydrogens is 1940 g/mol. The fourth-order valence-corrected chi connectivity index (χ4v) is 22.4. The number of hydrogen-bond donors (Lipinski definition) is 8. The summed E-state index contributed by atoms with van der Waals surface area (Å²) in [5.74, 6) is 1.87. The summed E-state index contributed by atoms with van der Waals surface area (Å²) in [6.07, 6.45) is 7.17. The summed E-state index contributed by atoms with van der Waals surface area (Å²) < 4.78 is 137. The number of amides is 4. The first-order valence-corrected chi connectivity index (χ1v) is 54.5. The number of anilines is 6. The van der Waals surface area contributed by atoms with Crippen LogP contribution in [0, 0.1) is 35.4 Å². The molecule has 0 saturated carbocycles. The lowest BCUT2D eigenvalue weighted by Gasteiger charge is -2.34. The minimum atomic E-state index is -4.39. The highest BCUT2D eigenvalue weighted by molar-refractivity contribution is 7.91. The second-order valence-corrected chi connectivity index (χ2v) is 47.7. The van der Waals surface area contributed by atoms with Gasteiger partial charge in [-0.05, 0) is 267 Å². The molecule has 12 heterocycles. The van der Waals surface area contributed by atoms with E-state index >= 15 is 0 Å². The Kier molecular flexibility index (Phi) is 33.6. The number of sulfonamides is 4. The molecule has 4 amide bonds. The molecule has 39 heteroatoms. The quantitative estimate of drug-likeness (QED) is 0.0226. The van der Waals surface area contributed by atoms with Crippen LogP contribution < -0.4 is 65.0 Å². The molecule has 10 N–H and O–H groups in total. The first-order chi connectivity index (χ1) is 68.7. The minimum Gasteiger partial charge on any atom is -0.493 e. The second kappa shape index (κ2) is 44.9. The number of aromatic nitrogens is 9. The van der Waals surface area contributed by atoms with Gasteiger partial charge in [0.1, 0.15) is 52.2 Å². The molecule has 4 saturated heterocycles. The summed E-state index contributed by atoms with van der Waals surface area (Å²) in [5.41, 5.74) is 18.4. The second-order valence-electron chi connectivity index (χ2n) is 41.1. The average Bonchev–Trinajstić information content (AvgIpc) is 1.57. The number of halogens is 1. The lowest BCUT2D eigenvalue weighted by Crippen LogP contribution is -2.41. The zero-order chi connectivity index (χ0) is 106. The van der Waals surface area contributed by atoms with Crippen molar-refractivity contribution in [3.05, 3.63) is 256 Å². The van der Waals surface area contributed by atoms with Crippen LogP contribution in [0.25, 0.3) is 45.0 Å². The van der Waals surface area contributed by atoms with Crippen LogP contribution in [0.5, 0.6) is 11.5 Å². The van der Waals surface area contributed by atoms with E-state index in [0.717, 1.165) is 60.6 Å². The van der Waals surface area contributed by atoms with E-state index in [2.05, 4.69) is 182 Å².